The summed E-state index contributed by atoms with van der Waals surface area (Å²) < 4.78 is 15.5. The predicted molar refractivity (Wildman–Crippen MR) is 109 cm³/mol. The smallest absolute Gasteiger partial charge is 0.225 e. The lowest BCUT2D eigenvalue weighted by Crippen LogP contribution is -2.37. The number of rotatable bonds is 6. The minimum absolute atomic E-state index is 0.153. The van der Waals surface area contributed by atoms with Crippen LogP contribution in [0.4, 0.5) is 4.39 Å². The molecule has 0 radical (unpaired) electrons. The van der Waals surface area contributed by atoms with Crippen LogP contribution >= 0.6 is 11.9 Å². The van der Waals surface area contributed by atoms with Crippen molar-refractivity contribution < 1.29 is 9.18 Å². The summed E-state index contributed by atoms with van der Waals surface area (Å²) >= 11 is 1.64. The van der Waals surface area contributed by atoms with E-state index in [0.717, 1.165) is 48.6 Å². The molecule has 1 fully saturated rings. The van der Waals surface area contributed by atoms with Gasteiger partial charge in [0.05, 0.1) is 0 Å². The molecule has 1 saturated carbocycles. The molecule has 2 heterocycles. The number of nitrogens with zero attached hydrogens (tertiary/aromatic N) is 3. The summed E-state index contributed by atoms with van der Waals surface area (Å²) in [5.74, 6) is 0.377. The molecule has 148 valence electrons. The van der Waals surface area contributed by atoms with Gasteiger partial charge in [-0.15, -0.1) is 0 Å². The SMILES string of the molecule is CCN(Sc1ccc2c(n1)CCN(C(=O)C1CC1)C2)[C@@H](C)c1ccc(F)cc1. The van der Waals surface area contributed by atoms with Gasteiger partial charge in [-0.1, -0.05) is 25.1 Å². The number of hydrogen-bond donors (Lipinski definition) is 0. The van der Waals surface area contributed by atoms with E-state index in [4.69, 9.17) is 4.98 Å². The van der Waals surface area contributed by atoms with Crippen molar-refractivity contribution in [3.63, 3.8) is 0 Å². The third-order valence-electron chi connectivity index (χ3n) is 5.57. The van der Waals surface area contributed by atoms with E-state index in [0.29, 0.717) is 12.5 Å². The van der Waals surface area contributed by atoms with E-state index < -0.39 is 0 Å². The van der Waals surface area contributed by atoms with Crippen LogP contribution in [0.1, 0.15) is 49.6 Å². The number of hydrogen-bond acceptors (Lipinski definition) is 4. The van der Waals surface area contributed by atoms with Crippen LogP contribution in [-0.4, -0.2) is 33.2 Å². The van der Waals surface area contributed by atoms with Gasteiger partial charge in [-0.3, -0.25) is 4.79 Å². The molecule has 1 amide bonds. The Morgan fingerprint density at radius 2 is 2.04 bits per heavy atom. The van der Waals surface area contributed by atoms with Crippen LogP contribution in [0, 0.1) is 11.7 Å². The normalized spacial score (nSPS) is 17.5. The molecule has 1 aromatic carbocycles. The number of benzene rings is 1. The zero-order valence-corrected chi connectivity index (χ0v) is 17.2. The van der Waals surface area contributed by atoms with Crippen molar-refractivity contribution >= 4 is 17.9 Å². The number of amides is 1. The summed E-state index contributed by atoms with van der Waals surface area (Å²) in [4.78, 5) is 19.2. The van der Waals surface area contributed by atoms with Gasteiger partial charge < -0.3 is 4.90 Å². The average Bonchev–Trinajstić information content (AvgIpc) is 3.56. The molecule has 0 N–H and O–H groups in total. The Hall–Kier alpha value is -1.92. The van der Waals surface area contributed by atoms with Crippen LogP contribution in [0.25, 0.3) is 0 Å². The molecular weight excluding hydrogens is 373 g/mol. The number of fused-ring (bicyclic) bond motifs is 1. The summed E-state index contributed by atoms with van der Waals surface area (Å²) in [6, 6.07) is 11.0. The zero-order valence-electron chi connectivity index (χ0n) is 16.4. The highest BCUT2D eigenvalue weighted by molar-refractivity contribution is 7.97. The molecule has 6 heteroatoms. The van der Waals surface area contributed by atoms with Crippen molar-refractivity contribution in [2.75, 3.05) is 13.1 Å². The zero-order chi connectivity index (χ0) is 19.7. The third kappa shape index (κ3) is 4.23. The van der Waals surface area contributed by atoms with Gasteiger partial charge in [0.15, 0.2) is 0 Å². The fourth-order valence-corrected chi connectivity index (χ4v) is 4.60. The monoisotopic (exact) mass is 399 g/mol. The molecule has 1 aromatic heterocycles. The molecular formula is C22H26FN3OS. The van der Waals surface area contributed by atoms with Gasteiger partial charge in [-0.2, -0.15) is 0 Å². The Balaban J connectivity index is 1.44. The number of pyridine rings is 1. The lowest BCUT2D eigenvalue weighted by molar-refractivity contribution is -0.133. The van der Waals surface area contributed by atoms with Crippen LogP contribution in [0.15, 0.2) is 41.4 Å². The minimum atomic E-state index is -0.211. The van der Waals surface area contributed by atoms with E-state index in [2.05, 4.69) is 30.3 Å². The molecule has 0 saturated heterocycles. The van der Waals surface area contributed by atoms with E-state index in [1.807, 2.05) is 17.0 Å². The number of aromatic nitrogens is 1. The highest BCUT2D eigenvalue weighted by atomic mass is 32.2. The molecule has 2 aromatic rings. The van der Waals surface area contributed by atoms with E-state index in [-0.39, 0.29) is 17.8 Å². The van der Waals surface area contributed by atoms with Gasteiger partial charge in [-0.05, 0) is 61.0 Å². The first-order valence-corrected chi connectivity index (χ1v) is 10.8. The predicted octanol–water partition coefficient (Wildman–Crippen LogP) is 4.61. The highest BCUT2D eigenvalue weighted by Gasteiger charge is 2.34. The van der Waals surface area contributed by atoms with Crippen LogP contribution in [0.3, 0.4) is 0 Å². The molecule has 2 aliphatic rings. The van der Waals surface area contributed by atoms with Crippen molar-refractivity contribution in [1.82, 2.24) is 14.2 Å². The Morgan fingerprint density at radius 3 is 2.71 bits per heavy atom. The van der Waals surface area contributed by atoms with Crippen molar-refractivity contribution in [3.8, 4) is 0 Å². The van der Waals surface area contributed by atoms with Crippen molar-refractivity contribution in [3.05, 3.63) is 59.0 Å². The van der Waals surface area contributed by atoms with Crippen molar-refractivity contribution in [2.45, 2.75) is 50.7 Å². The second-order valence-electron chi connectivity index (χ2n) is 7.59. The van der Waals surface area contributed by atoms with E-state index in [1.165, 1.54) is 17.7 Å². The Labute approximate surface area is 170 Å². The lowest BCUT2D eigenvalue weighted by atomic mass is 10.1. The van der Waals surface area contributed by atoms with Gasteiger partial charge >= 0.3 is 0 Å². The molecule has 0 spiro atoms. The maximum absolute atomic E-state index is 13.2. The van der Waals surface area contributed by atoms with E-state index >= 15 is 0 Å². The average molecular weight is 400 g/mol. The second kappa shape index (κ2) is 8.21. The van der Waals surface area contributed by atoms with Gasteiger partial charge in [0, 0.05) is 43.7 Å². The topological polar surface area (TPSA) is 36.4 Å². The molecule has 1 aliphatic heterocycles. The van der Waals surface area contributed by atoms with Crippen molar-refractivity contribution in [1.29, 1.82) is 0 Å². The third-order valence-corrected chi connectivity index (χ3v) is 6.79. The summed E-state index contributed by atoms with van der Waals surface area (Å²) in [6.45, 7) is 6.56. The molecule has 1 atom stereocenters. The largest absolute Gasteiger partial charge is 0.338 e. The number of halogens is 1. The maximum Gasteiger partial charge on any atom is 0.225 e. The summed E-state index contributed by atoms with van der Waals surface area (Å²) in [5, 5.41) is 0.969. The highest BCUT2D eigenvalue weighted by Crippen LogP contribution is 2.34. The second-order valence-corrected chi connectivity index (χ2v) is 8.66. The van der Waals surface area contributed by atoms with Crippen LogP contribution in [-0.2, 0) is 17.8 Å². The molecule has 0 bridgehead atoms. The maximum atomic E-state index is 13.2. The number of carbonyl (C=O) groups is 1. The molecule has 4 nitrogen and oxygen atoms in total. The Kier molecular flexibility index (Phi) is 5.69. The van der Waals surface area contributed by atoms with Crippen molar-refractivity contribution in [2.24, 2.45) is 5.92 Å². The van der Waals surface area contributed by atoms with Gasteiger partial charge in [0.1, 0.15) is 10.8 Å². The first-order chi connectivity index (χ1) is 13.5. The summed E-state index contributed by atoms with van der Waals surface area (Å²) in [5.41, 5.74) is 3.36. The Morgan fingerprint density at radius 1 is 1.29 bits per heavy atom. The molecule has 0 unspecified atom stereocenters. The quantitative estimate of drug-likeness (QED) is 0.665. The van der Waals surface area contributed by atoms with Gasteiger partial charge in [-0.25, -0.2) is 13.7 Å². The van der Waals surface area contributed by atoms with Gasteiger partial charge in [0.25, 0.3) is 0 Å². The van der Waals surface area contributed by atoms with Crippen LogP contribution in [0.5, 0.6) is 0 Å². The van der Waals surface area contributed by atoms with Crippen LogP contribution in [0.2, 0.25) is 0 Å². The van der Waals surface area contributed by atoms with Gasteiger partial charge in [0.2, 0.25) is 5.91 Å². The summed E-state index contributed by atoms with van der Waals surface area (Å²) in [7, 11) is 0. The molecule has 1 aliphatic carbocycles. The standard InChI is InChI=1S/C22H26FN3OS/c1-3-26(15(2)16-6-9-19(23)10-7-16)28-21-11-8-18-14-25(13-12-20(18)24-21)22(27)17-4-5-17/h6-11,15,17H,3-5,12-14H2,1-2H3/t15-/m0/s1. The Bertz CT molecular complexity index is 853. The summed E-state index contributed by atoms with van der Waals surface area (Å²) in [6.07, 6.45) is 2.92. The first kappa shape index (κ1) is 19.4. The lowest BCUT2D eigenvalue weighted by Gasteiger charge is -2.30. The fraction of sp³-hybridized carbons (Fsp3) is 0.455. The fourth-order valence-electron chi connectivity index (χ4n) is 3.67. The van der Waals surface area contributed by atoms with E-state index in [9.17, 15) is 9.18 Å². The number of carbonyl (C=O) groups excluding carboxylic acids is 1. The first-order valence-electron chi connectivity index (χ1n) is 10.0. The minimum Gasteiger partial charge on any atom is -0.338 e. The molecule has 4 rings (SSSR count). The molecule has 28 heavy (non-hydrogen) atoms. The van der Waals surface area contributed by atoms with Crippen LogP contribution < -0.4 is 0 Å². The van der Waals surface area contributed by atoms with E-state index in [1.54, 1.807) is 11.9 Å².